The van der Waals surface area contributed by atoms with Crippen LogP contribution < -0.4 is 5.43 Å². The Morgan fingerprint density at radius 3 is 2.26 bits per heavy atom. The van der Waals surface area contributed by atoms with Crippen molar-refractivity contribution in [2.45, 2.75) is 43.7 Å². The Hall–Kier alpha value is -3.27. The number of hydrogen-bond donors (Lipinski definition) is 0. The summed E-state index contributed by atoms with van der Waals surface area (Å²) in [6, 6.07) is 14.9. The molecule has 0 radical (unpaired) electrons. The lowest BCUT2D eigenvalue weighted by atomic mass is 10.1. The van der Waals surface area contributed by atoms with Gasteiger partial charge in [-0.2, -0.15) is 4.31 Å². The van der Waals surface area contributed by atoms with Crippen molar-refractivity contribution in [1.29, 1.82) is 0 Å². The van der Waals surface area contributed by atoms with E-state index < -0.39 is 15.5 Å². The first kappa shape index (κ1) is 27.3. The van der Waals surface area contributed by atoms with Gasteiger partial charge in [0.25, 0.3) is 5.91 Å². The summed E-state index contributed by atoms with van der Waals surface area (Å²) in [6.07, 6.45) is 6.98. The molecule has 9 heteroatoms. The van der Waals surface area contributed by atoms with Gasteiger partial charge in [-0.1, -0.05) is 49.2 Å². The lowest BCUT2D eigenvalue weighted by Gasteiger charge is -2.34. The molecule has 2 fully saturated rings. The third-order valence-corrected chi connectivity index (χ3v) is 9.61. The van der Waals surface area contributed by atoms with Crippen molar-refractivity contribution in [2.75, 3.05) is 39.3 Å². The Balaban J connectivity index is 1.43. The highest BCUT2D eigenvalue weighted by molar-refractivity contribution is 7.89. The number of rotatable bonds is 7. The van der Waals surface area contributed by atoms with E-state index in [2.05, 4.69) is 23.6 Å². The molecule has 3 aromatic rings. The summed E-state index contributed by atoms with van der Waals surface area (Å²) in [5.74, 6) is -0.320. The molecule has 0 N–H and O–H groups in total. The number of carbonyl (C=O) groups is 1. The van der Waals surface area contributed by atoms with Gasteiger partial charge in [-0.15, -0.1) is 6.58 Å². The molecule has 39 heavy (non-hydrogen) atoms. The van der Waals surface area contributed by atoms with E-state index in [0.29, 0.717) is 51.3 Å². The second-order valence-corrected chi connectivity index (χ2v) is 12.3. The van der Waals surface area contributed by atoms with Crippen LogP contribution in [-0.4, -0.2) is 72.3 Å². The number of amides is 1. The molecule has 1 amide bonds. The Kier molecular flexibility index (Phi) is 8.30. The van der Waals surface area contributed by atoms with Crippen LogP contribution >= 0.6 is 0 Å². The van der Waals surface area contributed by atoms with Crippen molar-refractivity contribution >= 4 is 26.8 Å². The summed E-state index contributed by atoms with van der Waals surface area (Å²) in [5.41, 5.74) is 1.43. The molecule has 206 valence electrons. The first-order valence-corrected chi connectivity index (χ1v) is 15.2. The van der Waals surface area contributed by atoms with Crippen LogP contribution in [0, 0.1) is 0 Å². The van der Waals surface area contributed by atoms with Crippen molar-refractivity contribution in [3.63, 3.8) is 0 Å². The number of piperazine rings is 1. The van der Waals surface area contributed by atoms with Gasteiger partial charge in [0.05, 0.1) is 10.4 Å². The van der Waals surface area contributed by atoms with E-state index in [4.69, 9.17) is 0 Å². The monoisotopic (exact) mass is 548 g/mol. The maximum atomic E-state index is 13.7. The number of aromatic nitrogens is 1. The van der Waals surface area contributed by atoms with Gasteiger partial charge in [-0.05, 0) is 36.6 Å². The number of pyridine rings is 1. The molecule has 2 aliphatic heterocycles. The molecule has 5 rings (SSSR count). The fourth-order valence-corrected chi connectivity index (χ4v) is 7.08. The highest BCUT2D eigenvalue weighted by Gasteiger charge is 2.28. The third kappa shape index (κ3) is 5.85. The molecular formula is C30H36N4O4S. The van der Waals surface area contributed by atoms with Crippen LogP contribution in [0.2, 0.25) is 0 Å². The number of sulfonamides is 1. The van der Waals surface area contributed by atoms with Gasteiger partial charge in [0, 0.05) is 63.9 Å². The second-order valence-electron chi connectivity index (χ2n) is 10.4. The van der Waals surface area contributed by atoms with E-state index in [1.165, 1.54) is 15.9 Å². The number of fused-ring (bicyclic) bond motifs is 1. The summed E-state index contributed by atoms with van der Waals surface area (Å²) < 4.78 is 30.2. The summed E-state index contributed by atoms with van der Waals surface area (Å²) >= 11 is 0. The zero-order valence-electron chi connectivity index (χ0n) is 22.3. The minimum absolute atomic E-state index is 0.0604. The van der Waals surface area contributed by atoms with E-state index in [9.17, 15) is 18.0 Å². The number of carbonyl (C=O) groups excluding carboxylic acids is 1. The van der Waals surface area contributed by atoms with Crippen molar-refractivity contribution in [3.05, 3.63) is 88.7 Å². The molecule has 0 atom stereocenters. The number of benzene rings is 2. The largest absolute Gasteiger partial charge is 0.343 e. The molecular weight excluding hydrogens is 512 g/mol. The quantitative estimate of drug-likeness (QED) is 0.421. The van der Waals surface area contributed by atoms with Crippen molar-refractivity contribution in [3.8, 4) is 0 Å². The Morgan fingerprint density at radius 2 is 1.59 bits per heavy atom. The smallest absolute Gasteiger partial charge is 0.259 e. The van der Waals surface area contributed by atoms with E-state index in [0.717, 1.165) is 32.2 Å². The highest BCUT2D eigenvalue weighted by atomic mass is 32.2. The highest BCUT2D eigenvalue weighted by Crippen LogP contribution is 2.24. The summed E-state index contributed by atoms with van der Waals surface area (Å²) in [5, 5.41) is 0.237. The lowest BCUT2D eigenvalue weighted by molar-refractivity contribution is 0.0626. The van der Waals surface area contributed by atoms with Crippen LogP contribution in [0.25, 0.3) is 10.9 Å². The minimum atomic E-state index is -3.74. The molecule has 0 bridgehead atoms. The van der Waals surface area contributed by atoms with Crippen molar-refractivity contribution in [2.24, 2.45) is 0 Å². The van der Waals surface area contributed by atoms with Gasteiger partial charge in [-0.25, -0.2) is 8.42 Å². The van der Waals surface area contributed by atoms with E-state index in [-0.39, 0.29) is 21.8 Å². The van der Waals surface area contributed by atoms with Crippen LogP contribution in [-0.2, 0) is 23.1 Å². The second kappa shape index (κ2) is 11.9. The van der Waals surface area contributed by atoms with Gasteiger partial charge in [0.15, 0.2) is 0 Å². The van der Waals surface area contributed by atoms with Crippen molar-refractivity contribution < 1.29 is 13.2 Å². The maximum Gasteiger partial charge on any atom is 0.259 e. The van der Waals surface area contributed by atoms with Gasteiger partial charge >= 0.3 is 0 Å². The van der Waals surface area contributed by atoms with Gasteiger partial charge in [0.1, 0.15) is 5.56 Å². The first-order valence-electron chi connectivity index (χ1n) is 13.7. The summed E-state index contributed by atoms with van der Waals surface area (Å²) in [7, 11) is -3.74. The van der Waals surface area contributed by atoms with Gasteiger partial charge < -0.3 is 9.47 Å². The van der Waals surface area contributed by atoms with Gasteiger partial charge in [-0.3, -0.25) is 14.5 Å². The minimum Gasteiger partial charge on any atom is -0.343 e. The molecule has 1 aromatic heterocycles. The number of hydrogen-bond acceptors (Lipinski definition) is 5. The SMILES string of the molecule is C=CCn1cc(C(=O)N2CCN(Cc3ccccc3)CC2)c(=O)c2cc(S(=O)(=O)N3CCCCCC3)ccc21. The molecule has 2 aromatic carbocycles. The first-order chi connectivity index (χ1) is 18.9. The number of allylic oxidation sites excluding steroid dienone is 1. The van der Waals surface area contributed by atoms with E-state index >= 15 is 0 Å². The zero-order chi connectivity index (χ0) is 27.4. The molecule has 0 spiro atoms. The standard InChI is InChI=1S/C30H36N4O4S/c1-2-14-33-23-27(30(36)32-19-17-31(18-20-32)22-24-10-6-5-7-11-24)29(35)26-21-25(12-13-28(26)33)39(37,38)34-15-8-3-4-9-16-34/h2,5-7,10-13,21,23H,1,3-4,8-9,14-20,22H2. The molecule has 0 saturated carbocycles. The normalized spacial score (nSPS) is 17.7. The average molecular weight is 549 g/mol. The lowest BCUT2D eigenvalue weighted by Crippen LogP contribution is -2.49. The van der Waals surface area contributed by atoms with Crippen LogP contribution in [0.1, 0.15) is 41.6 Å². The molecule has 8 nitrogen and oxygen atoms in total. The van der Waals surface area contributed by atoms with Crippen LogP contribution in [0.5, 0.6) is 0 Å². The van der Waals surface area contributed by atoms with E-state index in [1.54, 1.807) is 33.9 Å². The third-order valence-electron chi connectivity index (χ3n) is 7.72. The average Bonchev–Trinajstić information content (AvgIpc) is 3.26. The molecule has 3 heterocycles. The summed E-state index contributed by atoms with van der Waals surface area (Å²) in [6.45, 7) is 8.46. The predicted octanol–water partition coefficient (Wildman–Crippen LogP) is 3.71. The topological polar surface area (TPSA) is 82.9 Å². The fraction of sp³-hybridized carbons (Fsp3) is 0.400. The Labute approximate surface area is 230 Å². The van der Waals surface area contributed by atoms with E-state index in [1.807, 2.05) is 18.2 Å². The summed E-state index contributed by atoms with van der Waals surface area (Å²) in [4.78, 5) is 31.4. The number of nitrogens with zero attached hydrogens (tertiary/aromatic N) is 4. The maximum absolute atomic E-state index is 13.7. The van der Waals surface area contributed by atoms with Crippen LogP contribution in [0.4, 0.5) is 0 Å². The van der Waals surface area contributed by atoms with Crippen molar-refractivity contribution in [1.82, 2.24) is 18.7 Å². The fourth-order valence-electron chi connectivity index (χ4n) is 5.53. The molecule has 2 aliphatic rings. The Bertz CT molecular complexity index is 1500. The zero-order valence-corrected chi connectivity index (χ0v) is 23.1. The van der Waals surface area contributed by atoms with Gasteiger partial charge in [0.2, 0.25) is 15.5 Å². The molecule has 0 aliphatic carbocycles. The molecule has 0 unspecified atom stereocenters. The predicted molar refractivity (Wildman–Crippen MR) is 153 cm³/mol. The Morgan fingerprint density at radius 1 is 0.897 bits per heavy atom. The van der Waals surface area contributed by atoms with Crippen LogP contribution in [0.15, 0.2) is 77.1 Å². The van der Waals surface area contributed by atoms with Crippen LogP contribution in [0.3, 0.4) is 0 Å². The molecule has 2 saturated heterocycles.